The van der Waals surface area contributed by atoms with E-state index in [4.69, 9.17) is 0 Å². The summed E-state index contributed by atoms with van der Waals surface area (Å²) in [5, 5.41) is 0. The fraction of sp³-hybridized carbons (Fsp3) is 0.588. The lowest BCUT2D eigenvalue weighted by atomic mass is 10.0. The van der Waals surface area contributed by atoms with E-state index in [1.165, 1.54) is 5.56 Å². The maximum atomic E-state index is 12.2. The van der Waals surface area contributed by atoms with Gasteiger partial charge in [-0.05, 0) is 32.4 Å². The van der Waals surface area contributed by atoms with Crippen molar-refractivity contribution in [1.82, 2.24) is 4.90 Å². The smallest absolute Gasteiger partial charge is 0.176 e. The van der Waals surface area contributed by atoms with Gasteiger partial charge in [-0.3, -0.25) is 9.69 Å². The van der Waals surface area contributed by atoms with Gasteiger partial charge >= 0.3 is 0 Å². The number of benzene rings is 1. The fourth-order valence-corrected chi connectivity index (χ4v) is 2.26. The topological polar surface area (TPSA) is 20.3 Å². The van der Waals surface area contributed by atoms with Crippen LogP contribution in [0, 0.1) is 0 Å². The second kappa shape index (κ2) is 8.11. The molecule has 0 fully saturated rings. The molecule has 2 heteroatoms. The third kappa shape index (κ3) is 5.15. The Kier molecular flexibility index (Phi) is 6.79. The molecule has 19 heavy (non-hydrogen) atoms. The van der Waals surface area contributed by atoms with E-state index in [0.29, 0.717) is 12.6 Å². The zero-order valence-electron chi connectivity index (χ0n) is 12.8. The van der Waals surface area contributed by atoms with E-state index in [1.54, 1.807) is 0 Å². The van der Waals surface area contributed by atoms with Crippen LogP contribution in [0.2, 0.25) is 0 Å². The van der Waals surface area contributed by atoms with E-state index < -0.39 is 0 Å². The van der Waals surface area contributed by atoms with Crippen molar-refractivity contribution < 1.29 is 4.79 Å². The molecule has 0 saturated carbocycles. The molecule has 0 aliphatic carbocycles. The second-order valence-electron chi connectivity index (χ2n) is 5.42. The van der Waals surface area contributed by atoms with Crippen LogP contribution in [-0.2, 0) is 6.42 Å². The van der Waals surface area contributed by atoms with Gasteiger partial charge in [0.1, 0.15) is 0 Å². The third-order valence-electron chi connectivity index (χ3n) is 3.67. The molecule has 1 unspecified atom stereocenters. The third-order valence-corrected chi connectivity index (χ3v) is 3.67. The molecule has 1 rings (SSSR count). The molecular formula is C17H27NO. The standard InChI is InChI=1S/C17H27NO/c1-5-7-14(3)18(4)13-17(19)16-11-9-15(8-6-2)10-12-16/h9-12,14H,5-8,13H2,1-4H3. The number of aryl methyl sites for hydroxylation is 1. The number of Topliss-reactive ketones (excluding diaryl/α,β-unsaturated/α-hetero) is 1. The molecule has 1 aromatic carbocycles. The van der Waals surface area contributed by atoms with Crippen LogP contribution < -0.4 is 0 Å². The van der Waals surface area contributed by atoms with Crippen LogP contribution in [0.25, 0.3) is 0 Å². The number of ketones is 1. The van der Waals surface area contributed by atoms with Crippen molar-refractivity contribution in [2.45, 2.75) is 52.5 Å². The van der Waals surface area contributed by atoms with Crippen LogP contribution in [0.15, 0.2) is 24.3 Å². The molecule has 0 bridgehead atoms. The lowest BCUT2D eigenvalue weighted by Crippen LogP contribution is -2.33. The summed E-state index contributed by atoms with van der Waals surface area (Å²) >= 11 is 0. The maximum absolute atomic E-state index is 12.2. The Hall–Kier alpha value is -1.15. The molecule has 0 spiro atoms. The van der Waals surface area contributed by atoms with Crippen LogP contribution in [0.1, 0.15) is 56.0 Å². The molecule has 106 valence electrons. The molecule has 0 aliphatic rings. The summed E-state index contributed by atoms with van der Waals surface area (Å²) in [5.41, 5.74) is 2.14. The van der Waals surface area contributed by atoms with Crippen molar-refractivity contribution >= 4 is 5.78 Å². The number of hydrogen-bond donors (Lipinski definition) is 0. The normalized spacial score (nSPS) is 12.7. The highest BCUT2D eigenvalue weighted by atomic mass is 16.1. The first-order valence-corrected chi connectivity index (χ1v) is 7.40. The van der Waals surface area contributed by atoms with Crippen molar-refractivity contribution in [3.63, 3.8) is 0 Å². The number of carbonyl (C=O) groups excluding carboxylic acids is 1. The molecule has 0 N–H and O–H groups in total. The predicted octanol–water partition coefficient (Wildman–Crippen LogP) is 3.94. The highest BCUT2D eigenvalue weighted by Crippen LogP contribution is 2.10. The quantitative estimate of drug-likeness (QED) is 0.661. The van der Waals surface area contributed by atoms with Crippen molar-refractivity contribution in [2.75, 3.05) is 13.6 Å². The number of carbonyl (C=O) groups is 1. The van der Waals surface area contributed by atoms with Gasteiger partial charge in [0, 0.05) is 11.6 Å². The minimum atomic E-state index is 0.216. The van der Waals surface area contributed by atoms with Crippen LogP contribution in [0.4, 0.5) is 0 Å². The van der Waals surface area contributed by atoms with Crippen molar-refractivity contribution in [3.05, 3.63) is 35.4 Å². The summed E-state index contributed by atoms with van der Waals surface area (Å²) in [6.45, 7) is 7.04. The van der Waals surface area contributed by atoms with E-state index >= 15 is 0 Å². The summed E-state index contributed by atoms with van der Waals surface area (Å²) < 4.78 is 0. The van der Waals surface area contributed by atoms with Gasteiger partial charge in [0.15, 0.2) is 5.78 Å². The first-order valence-electron chi connectivity index (χ1n) is 7.40. The van der Waals surface area contributed by atoms with Gasteiger partial charge in [0.25, 0.3) is 0 Å². The minimum Gasteiger partial charge on any atom is -0.296 e. The first-order chi connectivity index (χ1) is 9.08. The van der Waals surface area contributed by atoms with E-state index in [0.717, 1.165) is 31.2 Å². The Bertz CT molecular complexity index is 383. The Labute approximate surface area is 117 Å². The largest absolute Gasteiger partial charge is 0.296 e. The van der Waals surface area contributed by atoms with Crippen LogP contribution >= 0.6 is 0 Å². The Morgan fingerprint density at radius 3 is 2.32 bits per heavy atom. The van der Waals surface area contributed by atoms with E-state index in [1.807, 2.05) is 19.2 Å². The lowest BCUT2D eigenvalue weighted by molar-refractivity contribution is 0.0921. The monoisotopic (exact) mass is 261 g/mol. The van der Waals surface area contributed by atoms with E-state index in [-0.39, 0.29) is 5.78 Å². The maximum Gasteiger partial charge on any atom is 0.176 e. The number of hydrogen-bond acceptors (Lipinski definition) is 2. The van der Waals surface area contributed by atoms with Crippen LogP contribution in [-0.4, -0.2) is 30.3 Å². The molecule has 0 amide bonds. The van der Waals surface area contributed by atoms with Crippen molar-refractivity contribution in [1.29, 1.82) is 0 Å². The Morgan fingerprint density at radius 2 is 1.79 bits per heavy atom. The average molecular weight is 261 g/mol. The molecule has 0 radical (unpaired) electrons. The van der Waals surface area contributed by atoms with Crippen molar-refractivity contribution in [2.24, 2.45) is 0 Å². The van der Waals surface area contributed by atoms with Gasteiger partial charge in [-0.25, -0.2) is 0 Å². The Morgan fingerprint density at radius 1 is 1.16 bits per heavy atom. The zero-order valence-corrected chi connectivity index (χ0v) is 12.8. The van der Waals surface area contributed by atoms with Crippen LogP contribution in [0.5, 0.6) is 0 Å². The zero-order chi connectivity index (χ0) is 14.3. The Balaban J connectivity index is 2.57. The highest BCUT2D eigenvalue weighted by Gasteiger charge is 2.13. The molecule has 1 aromatic rings. The molecule has 0 aliphatic heterocycles. The molecular weight excluding hydrogens is 234 g/mol. The molecule has 0 aromatic heterocycles. The lowest BCUT2D eigenvalue weighted by Gasteiger charge is -2.23. The van der Waals surface area contributed by atoms with Gasteiger partial charge in [-0.1, -0.05) is 51.0 Å². The number of likely N-dealkylation sites (N-methyl/N-ethyl adjacent to an activating group) is 1. The average Bonchev–Trinajstić information content (AvgIpc) is 2.40. The second-order valence-corrected chi connectivity index (χ2v) is 5.42. The van der Waals surface area contributed by atoms with Gasteiger partial charge in [0.05, 0.1) is 6.54 Å². The fourth-order valence-electron chi connectivity index (χ4n) is 2.26. The molecule has 0 saturated heterocycles. The van der Waals surface area contributed by atoms with Gasteiger partial charge in [-0.2, -0.15) is 0 Å². The SMILES string of the molecule is CCCc1ccc(C(=O)CN(C)C(C)CCC)cc1. The summed E-state index contributed by atoms with van der Waals surface area (Å²) in [5.74, 6) is 0.216. The first kappa shape index (κ1) is 15.9. The predicted molar refractivity (Wildman–Crippen MR) is 81.8 cm³/mol. The number of rotatable bonds is 8. The van der Waals surface area contributed by atoms with Gasteiger partial charge in [-0.15, -0.1) is 0 Å². The molecule has 0 heterocycles. The summed E-state index contributed by atoms with van der Waals surface area (Å²) in [6.07, 6.45) is 4.52. The van der Waals surface area contributed by atoms with E-state index in [2.05, 4.69) is 37.8 Å². The summed E-state index contributed by atoms with van der Waals surface area (Å²) in [4.78, 5) is 14.3. The highest BCUT2D eigenvalue weighted by molar-refractivity contribution is 5.97. The summed E-state index contributed by atoms with van der Waals surface area (Å²) in [7, 11) is 2.03. The van der Waals surface area contributed by atoms with Gasteiger partial charge in [0.2, 0.25) is 0 Å². The summed E-state index contributed by atoms with van der Waals surface area (Å²) in [6, 6.07) is 8.55. The van der Waals surface area contributed by atoms with E-state index in [9.17, 15) is 4.79 Å². The van der Waals surface area contributed by atoms with Gasteiger partial charge < -0.3 is 0 Å². The van der Waals surface area contributed by atoms with Crippen LogP contribution in [0.3, 0.4) is 0 Å². The van der Waals surface area contributed by atoms with Crippen molar-refractivity contribution in [3.8, 4) is 0 Å². The minimum absolute atomic E-state index is 0.216. The number of nitrogens with zero attached hydrogens (tertiary/aromatic N) is 1. The molecule has 2 nitrogen and oxygen atoms in total. The molecule has 1 atom stereocenters.